The van der Waals surface area contributed by atoms with Crippen LogP contribution in [0.4, 0.5) is 0 Å². The molecule has 8 heteroatoms. The van der Waals surface area contributed by atoms with Crippen molar-refractivity contribution in [3.63, 3.8) is 0 Å². The van der Waals surface area contributed by atoms with Crippen molar-refractivity contribution < 1.29 is 13.5 Å². The van der Waals surface area contributed by atoms with Crippen molar-refractivity contribution in [2.24, 2.45) is 5.10 Å². The molecule has 0 amide bonds. The highest BCUT2D eigenvalue weighted by Gasteiger charge is 2.12. The van der Waals surface area contributed by atoms with Gasteiger partial charge in [0, 0.05) is 0 Å². The summed E-state index contributed by atoms with van der Waals surface area (Å²) in [6.45, 7) is 1.88. The highest BCUT2D eigenvalue weighted by Crippen LogP contribution is 2.32. The lowest BCUT2D eigenvalue weighted by Crippen LogP contribution is -2.18. The van der Waals surface area contributed by atoms with E-state index in [0.717, 1.165) is 5.56 Å². The summed E-state index contributed by atoms with van der Waals surface area (Å²) < 4.78 is 25.0. The Bertz CT molecular complexity index is 795. The van der Waals surface area contributed by atoms with Gasteiger partial charge in [-0.15, -0.1) is 0 Å². The number of aromatic hydroxyl groups is 1. The van der Waals surface area contributed by atoms with Crippen LogP contribution in [0.3, 0.4) is 0 Å². The van der Waals surface area contributed by atoms with Crippen LogP contribution < -0.4 is 4.83 Å². The normalized spacial score (nSPS) is 11.8. The van der Waals surface area contributed by atoms with E-state index in [4.69, 9.17) is 0 Å². The summed E-state index contributed by atoms with van der Waals surface area (Å²) in [6, 6.07) is 9.69. The third-order valence-corrected chi connectivity index (χ3v) is 5.20. The van der Waals surface area contributed by atoms with Gasteiger partial charge in [0.1, 0.15) is 5.75 Å². The molecule has 0 unspecified atom stereocenters. The first kappa shape index (κ1) is 17.0. The minimum Gasteiger partial charge on any atom is -0.506 e. The fourth-order valence-corrected chi connectivity index (χ4v) is 3.61. The predicted molar refractivity (Wildman–Crippen MR) is 92.6 cm³/mol. The molecule has 0 fully saturated rings. The molecule has 5 nitrogen and oxygen atoms in total. The van der Waals surface area contributed by atoms with Crippen LogP contribution in [0.5, 0.6) is 5.75 Å². The molecule has 2 aromatic carbocycles. The van der Waals surface area contributed by atoms with Crippen LogP contribution in [0.15, 0.2) is 55.3 Å². The molecule has 0 atom stereocenters. The second kappa shape index (κ2) is 6.80. The molecule has 0 aliphatic rings. The van der Waals surface area contributed by atoms with Crippen LogP contribution in [0.2, 0.25) is 0 Å². The van der Waals surface area contributed by atoms with Gasteiger partial charge in [-0.2, -0.15) is 13.5 Å². The van der Waals surface area contributed by atoms with Crippen molar-refractivity contribution in [2.45, 2.75) is 11.8 Å². The van der Waals surface area contributed by atoms with E-state index in [2.05, 4.69) is 41.8 Å². The second-order valence-corrected chi connectivity index (χ2v) is 7.87. The molecule has 0 saturated heterocycles. The number of nitrogens with zero attached hydrogens (tertiary/aromatic N) is 1. The van der Waals surface area contributed by atoms with Crippen LogP contribution >= 0.6 is 31.9 Å². The molecule has 0 bridgehead atoms. The summed E-state index contributed by atoms with van der Waals surface area (Å²) in [6.07, 6.45) is 1.35. The maximum absolute atomic E-state index is 12.0. The molecular formula is C14H12Br2N2O3S. The number of aryl methyl sites for hydroxylation is 1. The zero-order chi connectivity index (χ0) is 16.3. The van der Waals surface area contributed by atoms with Gasteiger partial charge in [0.15, 0.2) is 0 Å². The first-order valence-electron chi connectivity index (χ1n) is 6.09. The summed E-state index contributed by atoms with van der Waals surface area (Å²) >= 11 is 6.38. The van der Waals surface area contributed by atoms with Gasteiger partial charge in [-0.05, 0) is 68.6 Å². The summed E-state index contributed by atoms with van der Waals surface area (Å²) in [7, 11) is -3.70. The number of nitrogens with one attached hydrogen (secondary N) is 1. The molecule has 2 rings (SSSR count). The van der Waals surface area contributed by atoms with Crippen molar-refractivity contribution in [2.75, 3.05) is 0 Å². The van der Waals surface area contributed by atoms with E-state index in [1.807, 2.05) is 6.92 Å². The van der Waals surface area contributed by atoms with Gasteiger partial charge >= 0.3 is 0 Å². The summed E-state index contributed by atoms with van der Waals surface area (Å²) in [5.41, 5.74) is 1.59. The first-order chi connectivity index (χ1) is 10.3. The molecule has 2 aromatic rings. The SMILES string of the molecule is Cc1ccc(S(=O)(=O)NN=Cc2cc(Br)c(O)c(Br)c2)cc1. The zero-order valence-electron chi connectivity index (χ0n) is 11.4. The molecular weight excluding hydrogens is 436 g/mol. The Morgan fingerprint density at radius 2 is 1.68 bits per heavy atom. The molecule has 0 saturated carbocycles. The predicted octanol–water partition coefficient (Wildman–Crippen LogP) is 3.54. The minimum absolute atomic E-state index is 0.0670. The lowest BCUT2D eigenvalue weighted by Gasteiger charge is -2.04. The van der Waals surface area contributed by atoms with Crippen molar-refractivity contribution in [1.29, 1.82) is 0 Å². The van der Waals surface area contributed by atoms with Crippen LogP contribution in [0.25, 0.3) is 0 Å². The average Bonchev–Trinajstić information content (AvgIpc) is 2.45. The standard InChI is InChI=1S/C14H12Br2N2O3S/c1-9-2-4-11(5-3-9)22(20,21)18-17-8-10-6-12(15)14(19)13(16)7-10/h2-8,18-19H,1H3. The van der Waals surface area contributed by atoms with E-state index < -0.39 is 10.0 Å². The van der Waals surface area contributed by atoms with Crippen LogP contribution in [-0.2, 0) is 10.0 Å². The Kier molecular flexibility index (Phi) is 5.25. The number of hydrazone groups is 1. The third kappa shape index (κ3) is 4.08. The van der Waals surface area contributed by atoms with E-state index in [9.17, 15) is 13.5 Å². The van der Waals surface area contributed by atoms with E-state index in [1.165, 1.54) is 18.3 Å². The maximum Gasteiger partial charge on any atom is 0.276 e. The fraction of sp³-hybridized carbons (Fsp3) is 0.0714. The molecule has 22 heavy (non-hydrogen) atoms. The number of rotatable bonds is 4. The fourth-order valence-electron chi connectivity index (χ4n) is 1.60. The number of hydrogen-bond acceptors (Lipinski definition) is 4. The van der Waals surface area contributed by atoms with Gasteiger partial charge in [-0.1, -0.05) is 17.7 Å². The maximum atomic E-state index is 12.0. The molecule has 0 radical (unpaired) electrons. The minimum atomic E-state index is -3.70. The monoisotopic (exact) mass is 446 g/mol. The molecule has 0 aliphatic heterocycles. The van der Waals surface area contributed by atoms with Gasteiger partial charge in [0.05, 0.1) is 20.1 Å². The highest BCUT2D eigenvalue weighted by molar-refractivity contribution is 9.11. The molecule has 116 valence electrons. The average molecular weight is 448 g/mol. The Labute approximate surface area is 145 Å². The van der Waals surface area contributed by atoms with E-state index in [0.29, 0.717) is 14.5 Å². The smallest absolute Gasteiger partial charge is 0.276 e. The van der Waals surface area contributed by atoms with Crippen LogP contribution in [0, 0.1) is 6.92 Å². The topological polar surface area (TPSA) is 78.8 Å². The zero-order valence-corrected chi connectivity index (χ0v) is 15.4. The molecule has 0 spiro atoms. The number of halogens is 2. The lowest BCUT2D eigenvalue weighted by atomic mass is 10.2. The Hall–Kier alpha value is -1.38. The Balaban J connectivity index is 2.16. The first-order valence-corrected chi connectivity index (χ1v) is 9.16. The van der Waals surface area contributed by atoms with E-state index in [-0.39, 0.29) is 10.6 Å². The van der Waals surface area contributed by atoms with E-state index in [1.54, 1.807) is 24.3 Å². The van der Waals surface area contributed by atoms with Gasteiger partial charge < -0.3 is 5.11 Å². The molecule has 0 aliphatic carbocycles. The Morgan fingerprint density at radius 3 is 2.23 bits per heavy atom. The highest BCUT2D eigenvalue weighted by atomic mass is 79.9. The third-order valence-electron chi connectivity index (χ3n) is 2.76. The quantitative estimate of drug-likeness (QED) is 0.555. The summed E-state index contributed by atoms with van der Waals surface area (Å²) in [4.78, 5) is 2.29. The van der Waals surface area contributed by atoms with Gasteiger partial charge in [0.25, 0.3) is 10.0 Å². The van der Waals surface area contributed by atoms with Gasteiger partial charge in [-0.25, -0.2) is 4.83 Å². The Morgan fingerprint density at radius 1 is 1.14 bits per heavy atom. The van der Waals surface area contributed by atoms with Gasteiger partial charge in [-0.3, -0.25) is 0 Å². The lowest BCUT2D eigenvalue weighted by molar-refractivity contribution is 0.468. The van der Waals surface area contributed by atoms with E-state index >= 15 is 0 Å². The van der Waals surface area contributed by atoms with Crippen LogP contribution in [-0.4, -0.2) is 19.7 Å². The van der Waals surface area contributed by atoms with Crippen molar-refractivity contribution >= 4 is 48.1 Å². The number of phenolic OH excluding ortho intramolecular Hbond substituents is 1. The van der Waals surface area contributed by atoms with Crippen molar-refractivity contribution in [3.05, 3.63) is 56.5 Å². The number of benzene rings is 2. The largest absolute Gasteiger partial charge is 0.506 e. The molecule has 0 aromatic heterocycles. The number of hydrogen-bond donors (Lipinski definition) is 2. The summed E-state index contributed by atoms with van der Waals surface area (Å²) in [5, 5.41) is 13.3. The van der Waals surface area contributed by atoms with Crippen LogP contribution in [0.1, 0.15) is 11.1 Å². The van der Waals surface area contributed by atoms with Crippen molar-refractivity contribution in [1.82, 2.24) is 4.83 Å². The molecule has 2 N–H and O–H groups in total. The van der Waals surface area contributed by atoms with Gasteiger partial charge in [0.2, 0.25) is 0 Å². The number of sulfonamides is 1. The second-order valence-electron chi connectivity index (χ2n) is 4.50. The number of phenols is 1. The van der Waals surface area contributed by atoms with Crippen molar-refractivity contribution in [3.8, 4) is 5.75 Å². The molecule has 0 heterocycles. The summed E-state index contributed by atoms with van der Waals surface area (Å²) in [5.74, 6) is 0.0670.